The Morgan fingerprint density at radius 3 is 2.43 bits per heavy atom. The molecule has 1 aliphatic heterocycles. The Morgan fingerprint density at radius 2 is 1.81 bits per heavy atom. The first-order chi connectivity index (χ1) is 10.2. The zero-order chi connectivity index (χ0) is 15.2. The molecule has 0 bridgehead atoms. The van der Waals surface area contributed by atoms with Gasteiger partial charge in [0.15, 0.2) is 11.5 Å². The van der Waals surface area contributed by atoms with Crippen LogP contribution in [0.3, 0.4) is 0 Å². The lowest BCUT2D eigenvalue weighted by molar-refractivity contribution is -0.143. The first kappa shape index (κ1) is 15.1. The molecule has 1 aromatic rings. The third-order valence-corrected chi connectivity index (χ3v) is 3.24. The van der Waals surface area contributed by atoms with Crippen molar-refractivity contribution in [3.63, 3.8) is 0 Å². The summed E-state index contributed by atoms with van der Waals surface area (Å²) in [6.45, 7) is 2.49. The fraction of sp³-hybridized carbons (Fsp3) is 0.429. The second-order valence-corrected chi connectivity index (χ2v) is 4.57. The molecule has 0 unspecified atom stereocenters. The van der Waals surface area contributed by atoms with E-state index in [9.17, 15) is 9.59 Å². The molecule has 0 atom stereocenters. The van der Waals surface area contributed by atoms with Gasteiger partial charge >= 0.3 is 11.8 Å². The molecule has 114 valence electrons. The van der Waals surface area contributed by atoms with Crippen molar-refractivity contribution >= 4 is 17.5 Å². The number of nitrogens with one attached hydrogen (secondary N) is 2. The van der Waals surface area contributed by atoms with Crippen molar-refractivity contribution in [3.8, 4) is 11.5 Å². The second kappa shape index (κ2) is 6.94. The molecule has 0 radical (unpaired) electrons. The number of benzene rings is 1. The zero-order valence-corrected chi connectivity index (χ0v) is 12.1. The number of hydrogen-bond acceptors (Lipinski definition) is 5. The number of carbonyl (C=O) groups excluding carboxylic acids is 2. The average molecular weight is 293 g/mol. The number of ether oxygens (including phenoxy) is 2. The van der Waals surface area contributed by atoms with Crippen LogP contribution in [0.2, 0.25) is 0 Å². The lowest BCUT2D eigenvalue weighted by atomic mass is 10.2. The van der Waals surface area contributed by atoms with Gasteiger partial charge in [0.2, 0.25) is 0 Å². The van der Waals surface area contributed by atoms with E-state index in [-0.39, 0.29) is 0 Å². The van der Waals surface area contributed by atoms with Crippen LogP contribution in [-0.2, 0) is 9.59 Å². The molecule has 1 heterocycles. The molecule has 7 heteroatoms. The van der Waals surface area contributed by atoms with E-state index in [0.717, 1.165) is 0 Å². The van der Waals surface area contributed by atoms with Crippen molar-refractivity contribution in [1.29, 1.82) is 0 Å². The largest absolute Gasteiger partial charge is 0.493 e. The van der Waals surface area contributed by atoms with Crippen molar-refractivity contribution in [2.45, 2.75) is 0 Å². The minimum atomic E-state index is -0.649. The molecule has 1 fully saturated rings. The Balaban J connectivity index is 2.03. The molecule has 2 N–H and O–H groups in total. The molecule has 0 saturated carbocycles. The topological polar surface area (TPSA) is 79.9 Å². The SMILES string of the molecule is COc1ccc(NC(=O)C(=O)N2CCNCC2)cc1OC. The quantitative estimate of drug-likeness (QED) is 0.771. The molecule has 1 aromatic carbocycles. The van der Waals surface area contributed by atoms with Crippen LogP contribution in [0.25, 0.3) is 0 Å². The number of nitrogens with zero attached hydrogens (tertiary/aromatic N) is 1. The van der Waals surface area contributed by atoms with Gasteiger partial charge in [-0.25, -0.2) is 0 Å². The minimum Gasteiger partial charge on any atom is -0.493 e. The van der Waals surface area contributed by atoms with Gasteiger partial charge in [0.1, 0.15) is 0 Å². The molecule has 2 amide bonds. The molecule has 21 heavy (non-hydrogen) atoms. The minimum absolute atomic E-state index is 0.487. The van der Waals surface area contributed by atoms with Crippen molar-refractivity contribution in [3.05, 3.63) is 18.2 Å². The number of anilines is 1. The van der Waals surface area contributed by atoms with Gasteiger partial charge in [-0.1, -0.05) is 0 Å². The van der Waals surface area contributed by atoms with E-state index >= 15 is 0 Å². The Kier molecular flexibility index (Phi) is 4.99. The summed E-state index contributed by atoms with van der Waals surface area (Å²) in [5, 5.41) is 5.71. The summed E-state index contributed by atoms with van der Waals surface area (Å²) >= 11 is 0. The van der Waals surface area contributed by atoms with Gasteiger partial charge in [0.05, 0.1) is 14.2 Å². The van der Waals surface area contributed by atoms with Gasteiger partial charge in [0, 0.05) is 37.9 Å². The van der Waals surface area contributed by atoms with E-state index in [1.54, 1.807) is 18.2 Å². The molecule has 0 aliphatic carbocycles. The summed E-state index contributed by atoms with van der Waals surface area (Å²) in [5.74, 6) is -0.121. The highest BCUT2D eigenvalue weighted by molar-refractivity contribution is 6.39. The van der Waals surface area contributed by atoms with Crippen molar-refractivity contribution in [2.75, 3.05) is 45.7 Å². The predicted octanol–water partition coefficient (Wildman–Crippen LogP) is 0.0741. The highest BCUT2D eigenvalue weighted by Gasteiger charge is 2.23. The summed E-state index contributed by atoms with van der Waals surface area (Å²) in [7, 11) is 3.04. The van der Waals surface area contributed by atoms with Gasteiger partial charge in [0.25, 0.3) is 0 Å². The van der Waals surface area contributed by atoms with Crippen LogP contribution >= 0.6 is 0 Å². The molecular weight excluding hydrogens is 274 g/mol. The van der Waals surface area contributed by atoms with E-state index in [4.69, 9.17) is 9.47 Å². The van der Waals surface area contributed by atoms with Gasteiger partial charge in [-0.2, -0.15) is 0 Å². The lowest BCUT2D eigenvalue weighted by Gasteiger charge is -2.26. The number of methoxy groups -OCH3 is 2. The van der Waals surface area contributed by atoms with Crippen LogP contribution < -0.4 is 20.1 Å². The summed E-state index contributed by atoms with van der Waals surface area (Å²) in [5.41, 5.74) is 0.487. The zero-order valence-electron chi connectivity index (χ0n) is 12.1. The van der Waals surface area contributed by atoms with Crippen molar-refractivity contribution < 1.29 is 19.1 Å². The number of amides is 2. The molecule has 1 aliphatic rings. The summed E-state index contributed by atoms with van der Waals surface area (Å²) in [4.78, 5) is 25.5. The number of piperazine rings is 1. The monoisotopic (exact) mass is 293 g/mol. The maximum Gasteiger partial charge on any atom is 0.313 e. The molecule has 7 nitrogen and oxygen atoms in total. The van der Waals surface area contributed by atoms with Crippen molar-refractivity contribution in [2.24, 2.45) is 0 Å². The third kappa shape index (κ3) is 3.63. The first-order valence-corrected chi connectivity index (χ1v) is 6.68. The van der Waals surface area contributed by atoms with Gasteiger partial charge < -0.3 is 25.0 Å². The Hall–Kier alpha value is -2.28. The number of rotatable bonds is 3. The molecular formula is C14H19N3O4. The van der Waals surface area contributed by atoms with Crippen molar-refractivity contribution in [1.82, 2.24) is 10.2 Å². The van der Waals surface area contributed by atoms with Crippen LogP contribution in [0.15, 0.2) is 18.2 Å². The van der Waals surface area contributed by atoms with E-state index < -0.39 is 11.8 Å². The Bertz CT molecular complexity index is 527. The maximum atomic E-state index is 12.0. The fourth-order valence-corrected chi connectivity index (χ4v) is 2.11. The van der Waals surface area contributed by atoms with Crippen LogP contribution in [0.4, 0.5) is 5.69 Å². The van der Waals surface area contributed by atoms with Crippen LogP contribution in [0.1, 0.15) is 0 Å². The van der Waals surface area contributed by atoms with E-state index in [2.05, 4.69) is 10.6 Å². The standard InChI is InChI=1S/C14H19N3O4/c1-20-11-4-3-10(9-12(11)21-2)16-13(18)14(19)17-7-5-15-6-8-17/h3-4,9,15H,5-8H2,1-2H3,(H,16,18). The van der Waals surface area contributed by atoms with Crippen LogP contribution in [-0.4, -0.2) is 57.1 Å². The molecule has 1 saturated heterocycles. The Labute approximate surface area is 123 Å². The smallest absolute Gasteiger partial charge is 0.313 e. The first-order valence-electron chi connectivity index (χ1n) is 6.68. The second-order valence-electron chi connectivity index (χ2n) is 4.57. The summed E-state index contributed by atoms with van der Waals surface area (Å²) in [6.07, 6.45) is 0. The average Bonchev–Trinajstić information content (AvgIpc) is 2.54. The predicted molar refractivity (Wildman–Crippen MR) is 77.6 cm³/mol. The molecule has 2 rings (SSSR count). The third-order valence-electron chi connectivity index (χ3n) is 3.24. The van der Waals surface area contributed by atoms with E-state index in [1.807, 2.05) is 0 Å². The summed E-state index contributed by atoms with van der Waals surface area (Å²) in [6, 6.07) is 4.94. The number of carbonyl (C=O) groups is 2. The maximum absolute atomic E-state index is 12.0. The van der Waals surface area contributed by atoms with Crippen LogP contribution in [0, 0.1) is 0 Å². The molecule has 0 spiro atoms. The number of hydrogen-bond donors (Lipinski definition) is 2. The summed E-state index contributed by atoms with van der Waals surface area (Å²) < 4.78 is 10.3. The van der Waals surface area contributed by atoms with E-state index in [0.29, 0.717) is 43.4 Å². The lowest BCUT2D eigenvalue weighted by Crippen LogP contribution is -2.49. The fourth-order valence-electron chi connectivity index (χ4n) is 2.11. The van der Waals surface area contributed by atoms with E-state index in [1.165, 1.54) is 19.1 Å². The van der Waals surface area contributed by atoms with Crippen LogP contribution in [0.5, 0.6) is 11.5 Å². The highest BCUT2D eigenvalue weighted by Crippen LogP contribution is 2.29. The normalized spacial score (nSPS) is 14.5. The van der Waals surface area contributed by atoms with Gasteiger partial charge in [-0.3, -0.25) is 9.59 Å². The van der Waals surface area contributed by atoms with Gasteiger partial charge in [-0.15, -0.1) is 0 Å². The molecule has 0 aromatic heterocycles. The Morgan fingerprint density at radius 1 is 1.14 bits per heavy atom. The van der Waals surface area contributed by atoms with Gasteiger partial charge in [-0.05, 0) is 12.1 Å². The highest BCUT2D eigenvalue weighted by atomic mass is 16.5.